The van der Waals surface area contributed by atoms with E-state index in [0.717, 1.165) is 34.8 Å². The third kappa shape index (κ3) is 4.82. The molecule has 34 heavy (non-hydrogen) atoms. The Morgan fingerprint density at radius 1 is 1.24 bits per heavy atom. The van der Waals surface area contributed by atoms with Crippen molar-refractivity contribution in [3.05, 3.63) is 53.1 Å². The van der Waals surface area contributed by atoms with Gasteiger partial charge in [-0.25, -0.2) is 22.4 Å². The molecule has 1 fully saturated rings. The number of benzene rings is 1. The number of nitrogens with zero attached hydrogens (tertiary/aromatic N) is 5. The summed E-state index contributed by atoms with van der Waals surface area (Å²) < 4.78 is 28.5. The first-order valence-electron chi connectivity index (χ1n) is 10.8. The van der Waals surface area contributed by atoms with Gasteiger partial charge < -0.3 is 15.0 Å². The summed E-state index contributed by atoms with van der Waals surface area (Å²) in [4.78, 5) is 25.5. The Balaban J connectivity index is 1.74. The summed E-state index contributed by atoms with van der Waals surface area (Å²) in [6, 6.07) is 8.16. The van der Waals surface area contributed by atoms with E-state index in [1.807, 2.05) is 11.7 Å². The molecule has 9 nitrogen and oxygen atoms in total. The Labute approximate surface area is 203 Å². The molecule has 0 amide bonds. The summed E-state index contributed by atoms with van der Waals surface area (Å²) in [6.45, 7) is 3.30. The van der Waals surface area contributed by atoms with Crippen molar-refractivity contribution in [2.45, 2.75) is 36.6 Å². The lowest BCUT2D eigenvalue weighted by Gasteiger charge is -2.28. The molecule has 12 heteroatoms. The van der Waals surface area contributed by atoms with Crippen molar-refractivity contribution in [1.82, 2.24) is 18.8 Å². The van der Waals surface area contributed by atoms with Crippen molar-refractivity contribution < 1.29 is 13.2 Å². The Kier molecular flexibility index (Phi) is 7.25. The highest BCUT2D eigenvalue weighted by Gasteiger charge is 2.28. The zero-order valence-electron chi connectivity index (χ0n) is 18.5. The van der Waals surface area contributed by atoms with Crippen molar-refractivity contribution >= 4 is 58.7 Å². The van der Waals surface area contributed by atoms with E-state index in [-0.39, 0.29) is 21.7 Å². The highest BCUT2D eigenvalue weighted by Crippen LogP contribution is 2.31. The molecule has 3 aromatic rings. The molecule has 1 saturated heterocycles. The Morgan fingerprint density at radius 2 is 1.94 bits per heavy atom. The lowest BCUT2D eigenvalue weighted by atomic mass is 9.90. The molecule has 1 N–H and O–H groups in total. The maximum atomic E-state index is 13.7. The first kappa shape index (κ1) is 24.2. The molecule has 2 aromatic heterocycles. The fourth-order valence-electron chi connectivity index (χ4n) is 3.97. The van der Waals surface area contributed by atoms with E-state index in [9.17, 15) is 13.2 Å². The van der Waals surface area contributed by atoms with Gasteiger partial charge in [0.1, 0.15) is 11.5 Å². The molecule has 1 unspecified atom stereocenters. The third-order valence-corrected chi connectivity index (χ3v) is 7.88. The molecule has 4 rings (SSSR count). The molecule has 1 aliphatic heterocycles. The zero-order chi connectivity index (χ0) is 24.3. The molecular weight excluding hydrogens is 475 g/mol. The van der Waals surface area contributed by atoms with Gasteiger partial charge in [-0.05, 0) is 51.1 Å². The van der Waals surface area contributed by atoms with Gasteiger partial charge in [0, 0.05) is 12.4 Å². The van der Waals surface area contributed by atoms with Crippen LogP contribution >= 0.6 is 11.6 Å². The molecule has 3 heterocycles. The van der Waals surface area contributed by atoms with E-state index in [1.165, 1.54) is 13.7 Å². The second kappa shape index (κ2) is 10.2. The standard InChI is InChI=1S/C22H23BClN6O3S/c1-15-2-4-18(5-3-15)34(32,33)30-20(10-19-21(24)27-14-28-22(19)30)16(11-25)12-26-17-6-8-29(9-7-17)23-13-31/h2-5,10-14,16-17,25H,6-9H2,1H3. The van der Waals surface area contributed by atoms with Crippen molar-refractivity contribution in [3.8, 4) is 0 Å². The first-order chi connectivity index (χ1) is 16.3. The molecule has 1 aliphatic rings. The maximum absolute atomic E-state index is 13.7. The Hall–Kier alpha value is -2.89. The average Bonchev–Trinajstić information content (AvgIpc) is 3.23. The highest BCUT2D eigenvalue weighted by atomic mass is 35.5. The number of hydrogen-bond donors (Lipinski definition) is 1. The van der Waals surface area contributed by atoms with E-state index >= 15 is 0 Å². The number of aryl methyl sites for hydroxylation is 1. The van der Waals surface area contributed by atoms with Crippen LogP contribution in [0.4, 0.5) is 0 Å². The maximum Gasteiger partial charge on any atom is 0.293 e. The predicted octanol–water partition coefficient (Wildman–Crippen LogP) is 2.71. The molecule has 0 spiro atoms. The van der Waals surface area contributed by atoms with E-state index in [4.69, 9.17) is 17.0 Å². The molecule has 175 valence electrons. The SMILES string of the molecule is Cc1ccc(S(=O)(=O)n2c(C(C=N)C=NC3CCN([B]C=O)CC3)cc3c(Cl)ncnc32)cc1. The van der Waals surface area contributed by atoms with Crippen LogP contribution in [0.2, 0.25) is 5.15 Å². The molecule has 1 radical (unpaired) electrons. The number of fused-ring (bicyclic) bond motifs is 1. The fraction of sp³-hybridized carbons (Fsp3) is 0.318. The lowest BCUT2D eigenvalue weighted by Crippen LogP contribution is -2.38. The van der Waals surface area contributed by atoms with Crippen LogP contribution in [0.1, 0.15) is 30.0 Å². The first-order valence-corrected chi connectivity index (χ1v) is 12.6. The van der Waals surface area contributed by atoms with E-state index in [1.54, 1.807) is 36.5 Å². The number of hydrogen-bond acceptors (Lipinski definition) is 8. The fourth-order valence-corrected chi connectivity index (χ4v) is 5.67. The minimum absolute atomic E-state index is 0.0219. The van der Waals surface area contributed by atoms with Crippen LogP contribution < -0.4 is 0 Å². The summed E-state index contributed by atoms with van der Waals surface area (Å²) in [5.74, 6) is -0.718. The van der Waals surface area contributed by atoms with Gasteiger partial charge in [-0.2, -0.15) is 0 Å². The monoisotopic (exact) mass is 497 g/mol. The predicted molar refractivity (Wildman–Crippen MR) is 133 cm³/mol. The molecular formula is C22H23BClN6O3S. The van der Waals surface area contributed by atoms with Crippen molar-refractivity contribution in [3.63, 3.8) is 0 Å². The molecule has 0 saturated carbocycles. The van der Waals surface area contributed by atoms with Gasteiger partial charge in [-0.1, -0.05) is 29.3 Å². The lowest BCUT2D eigenvalue weighted by molar-refractivity contribution is 0.333. The molecule has 1 atom stereocenters. The van der Waals surface area contributed by atoms with Gasteiger partial charge in [0.15, 0.2) is 5.65 Å². The second-order valence-corrected chi connectivity index (χ2v) is 10.2. The Bertz CT molecular complexity index is 1330. The highest BCUT2D eigenvalue weighted by molar-refractivity contribution is 7.90. The van der Waals surface area contributed by atoms with Gasteiger partial charge in [0.2, 0.25) is 0 Å². The van der Waals surface area contributed by atoms with Crippen molar-refractivity contribution in [2.75, 3.05) is 13.1 Å². The van der Waals surface area contributed by atoms with Crippen LogP contribution in [0.25, 0.3) is 11.0 Å². The van der Waals surface area contributed by atoms with Crippen LogP contribution in [0.5, 0.6) is 0 Å². The minimum Gasteiger partial charge on any atom is -0.340 e. The number of nitrogens with one attached hydrogen (secondary N) is 1. The van der Waals surface area contributed by atoms with Crippen LogP contribution in [0.15, 0.2) is 46.5 Å². The average molecular weight is 498 g/mol. The van der Waals surface area contributed by atoms with E-state index < -0.39 is 15.9 Å². The van der Waals surface area contributed by atoms with Gasteiger partial charge in [-0.3, -0.25) is 4.99 Å². The molecule has 0 bridgehead atoms. The largest absolute Gasteiger partial charge is 0.340 e. The molecule has 0 aliphatic carbocycles. The minimum atomic E-state index is -4.04. The van der Waals surface area contributed by atoms with Gasteiger partial charge >= 0.3 is 0 Å². The summed E-state index contributed by atoms with van der Waals surface area (Å²) in [7, 11) is -2.51. The van der Waals surface area contributed by atoms with Crippen molar-refractivity contribution in [2.24, 2.45) is 4.99 Å². The number of aliphatic imine (C=N–C) groups is 1. The Morgan fingerprint density at radius 3 is 2.59 bits per heavy atom. The summed E-state index contributed by atoms with van der Waals surface area (Å²) in [6.07, 6.45) is 6.26. The normalized spacial score (nSPS) is 16.6. The number of carbonyl (C=O) groups is 1. The third-order valence-electron chi connectivity index (χ3n) is 5.84. The van der Waals surface area contributed by atoms with Crippen LogP contribution in [-0.4, -0.2) is 72.3 Å². The zero-order valence-corrected chi connectivity index (χ0v) is 20.1. The van der Waals surface area contributed by atoms with Gasteiger partial charge in [-0.15, -0.1) is 0 Å². The van der Waals surface area contributed by atoms with Gasteiger partial charge in [0.05, 0.1) is 34.1 Å². The van der Waals surface area contributed by atoms with Crippen LogP contribution in [0.3, 0.4) is 0 Å². The smallest absolute Gasteiger partial charge is 0.293 e. The van der Waals surface area contributed by atoms with E-state index in [0.29, 0.717) is 24.2 Å². The molecule has 1 aromatic carbocycles. The number of aromatic nitrogens is 3. The summed E-state index contributed by atoms with van der Waals surface area (Å²) >= 11 is 6.26. The number of halogens is 1. The van der Waals surface area contributed by atoms with Crippen LogP contribution in [0, 0.1) is 12.3 Å². The van der Waals surface area contributed by atoms with Crippen molar-refractivity contribution in [1.29, 1.82) is 5.41 Å². The summed E-state index contributed by atoms with van der Waals surface area (Å²) in [5, 5.41) is 8.53. The summed E-state index contributed by atoms with van der Waals surface area (Å²) in [5.41, 5.74) is 1.39. The quantitative estimate of drug-likeness (QED) is 0.221. The van der Waals surface area contributed by atoms with E-state index in [2.05, 4.69) is 15.0 Å². The van der Waals surface area contributed by atoms with Gasteiger partial charge in [0.25, 0.3) is 17.4 Å². The number of piperidine rings is 1. The van der Waals surface area contributed by atoms with Crippen LogP contribution in [-0.2, 0) is 14.8 Å². The second-order valence-electron chi connectivity index (χ2n) is 8.10. The number of carbonyl (C=O) groups excluding carboxylic acids is 1. The topological polar surface area (TPSA) is 121 Å². The number of rotatable bonds is 8.